The SMILES string of the molecule is CCOc1ccc(NC(=O)N2CCC(N3CCC[C@@H]3CSCC)CC2)cc1. The number of urea groups is 1. The molecular formula is C21H33N3O2S. The fourth-order valence-electron chi connectivity index (χ4n) is 4.18. The van der Waals surface area contributed by atoms with Crippen molar-refractivity contribution in [2.45, 2.75) is 51.6 Å². The van der Waals surface area contributed by atoms with E-state index in [0.29, 0.717) is 12.6 Å². The predicted octanol–water partition coefficient (Wildman–Crippen LogP) is 4.30. The van der Waals surface area contributed by atoms with E-state index in [9.17, 15) is 4.79 Å². The normalized spacial score (nSPS) is 21.4. The topological polar surface area (TPSA) is 44.8 Å². The van der Waals surface area contributed by atoms with Crippen LogP contribution in [0.1, 0.15) is 39.5 Å². The molecule has 6 heteroatoms. The number of carbonyl (C=O) groups is 1. The number of likely N-dealkylation sites (tertiary alicyclic amines) is 2. The molecule has 0 spiro atoms. The molecule has 1 aromatic carbocycles. The Labute approximate surface area is 167 Å². The summed E-state index contributed by atoms with van der Waals surface area (Å²) in [5.41, 5.74) is 0.821. The minimum absolute atomic E-state index is 0.0112. The number of benzene rings is 1. The van der Waals surface area contributed by atoms with Crippen LogP contribution in [0.15, 0.2) is 24.3 Å². The number of hydrogen-bond acceptors (Lipinski definition) is 4. The van der Waals surface area contributed by atoms with Gasteiger partial charge in [-0.3, -0.25) is 4.90 Å². The molecule has 3 rings (SSSR count). The van der Waals surface area contributed by atoms with Gasteiger partial charge in [0.25, 0.3) is 0 Å². The van der Waals surface area contributed by atoms with E-state index >= 15 is 0 Å². The van der Waals surface area contributed by atoms with E-state index in [1.807, 2.05) is 36.1 Å². The first-order valence-corrected chi connectivity index (χ1v) is 11.5. The summed E-state index contributed by atoms with van der Waals surface area (Å²) in [7, 11) is 0. The van der Waals surface area contributed by atoms with E-state index in [4.69, 9.17) is 4.74 Å². The second kappa shape index (κ2) is 10.2. The van der Waals surface area contributed by atoms with Crippen molar-refractivity contribution in [3.05, 3.63) is 24.3 Å². The third-order valence-corrected chi connectivity index (χ3v) is 6.60. The highest BCUT2D eigenvalue weighted by Crippen LogP contribution is 2.28. The summed E-state index contributed by atoms with van der Waals surface area (Å²) in [6.07, 6.45) is 4.84. The first-order valence-electron chi connectivity index (χ1n) is 10.3. The lowest BCUT2D eigenvalue weighted by Crippen LogP contribution is -2.49. The van der Waals surface area contributed by atoms with E-state index in [2.05, 4.69) is 28.9 Å². The van der Waals surface area contributed by atoms with Gasteiger partial charge >= 0.3 is 6.03 Å². The fraction of sp³-hybridized carbons (Fsp3) is 0.667. The molecule has 0 aromatic heterocycles. The minimum atomic E-state index is 0.0112. The first kappa shape index (κ1) is 20.3. The molecule has 1 atom stereocenters. The highest BCUT2D eigenvalue weighted by Gasteiger charge is 2.33. The van der Waals surface area contributed by atoms with Gasteiger partial charge in [0.15, 0.2) is 0 Å². The van der Waals surface area contributed by atoms with Gasteiger partial charge in [0.1, 0.15) is 5.75 Å². The summed E-state index contributed by atoms with van der Waals surface area (Å²) < 4.78 is 5.45. The predicted molar refractivity (Wildman–Crippen MR) is 114 cm³/mol. The maximum Gasteiger partial charge on any atom is 0.321 e. The quantitative estimate of drug-likeness (QED) is 0.753. The van der Waals surface area contributed by atoms with Crippen molar-refractivity contribution in [1.82, 2.24) is 9.80 Å². The average molecular weight is 392 g/mol. The van der Waals surface area contributed by atoms with E-state index in [1.54, 1.807) is 0 Å². The van der Waals surface area contributed by atoms with Crippen LogP contribution >= 0.6 is 11.8 Å². The van der Waals surface area contributed by atoms with Crippen molar-refractivity contribution in [3.8, 4) is 5.75 Å². The largest absolute Gasteiger partial charge is 0.494 e. The van der Waals surface area contributed by atoms with E-state index in [0.717, 1.165) is 43.4 Å². The van der Waals surface area contributed by atoms with Crippen molar-refractivity contribution >= 4 is 23.5 Å². The zero-order valence-corrected chi connectivity index (χ0v) is 17.5. The maximum atomic E-state index is 12.6. The molecule has 150 valence electrons. The molecule has 2 aliphatic heterocycles. The molecule has 2 amide bonds. The summed E-state index contributed by atoms with van der Waals surface area (Å²) in [5.74, 6) is 3.29. The van der Waals surface area contributed by atoms with Crippen molar-refractivity contribution < 1.29 is 9.53 Å². The molecule has 0 saturated carbocycles. The number of nitrogens with one attached hydrogen (secondary N) is 1. The number of thioether (sulfide) groups is 1. The lowest BCUT2D eigenvalue weighted by atomic mass is 10.0. The number of piperidine rings is 1. The number of nitrogens with zero attached hydrogens (tertiary/aromatic N) is 2. The fourth-order valence-corrected chi connectivity index (χ4v) is 5.04. The molecule has 2 heterocycles. The number of anilines is 1. The molecule has 0 bridgehead atoms. The van der Waals surface area contributed by atoms with E-state index in [1.165, 1.54) is 30.9 Å². The summed E-state index contributed by atoms with van der Waals surface area (Å²) in [5, 5.41) is 3.02. The van der Waals surface area contributed by atoms with Crippen LogP contribution in [0, 0.1) is 0 Å². The van der Waals surface area contributed by atoms with Crippen LogP contribution in [-0.2, 0) is 0 Å². The Kier molecular flexibility index (Phi) is 7.70. The second-order valence-electron chi connectivity index (χ2n) is 7.30. The molecule has 0 unspecified atom stereocenters. The molecule has 27 heavy (non-hydrogen) atoms. The van der Waals surface area contributed by atoms with Crippen LogP contribution in [0.25, 0.3) is 0 Å². The summed E-state index contributed by atoms with van der Waals surface area (Å²) in [6.45, 7) is 7.78. The molecule has 2 aliphatic rings. The maximum absolute atomic E-state index is 12.6. The minimum Gasteiger partial charge on any atom is -0.494 e. The summed E-state index contributed by atoms with van der Waals surface area (Å²) >= 11 is 2.06. The Bertz CT molecular complexity index is 588. The molecule has 1 N–H and O–H groups in total. The standard InChI is InChI=1S/C21H33N3O2S/c1-3-26-20-9-7-17(8-10-20)22-21(25)23-14-11-18(12-15-23)24-13-5-6-19(24)16-27-4-2/h7-10,18-19H,3-6,11-16H2,1-2H3,(H,22,25)/t19-/m1/s1. The van der Waals surface area contributed by atoms with E-state index in [-0.39, 0.29) is 6.03 Å². The van der Waals surface area contributed by atoms with Gasteiger partial charge in [-0.1, -0.05) is 6.92 Å². The van der Waals surface area contributed by atoms with Crippen LogP contribution in [0.5, 0.6) is 5.75 Å². The molecule has 0 aliphatic carbocycles. The van der Waals surface area contributed by atoms with Gasteiger partial charge in [-0.05, 0) is 69.2 Å². The Morgan fingerprint density at radius 1 is 1.15 bits per heavy atom. The van der Waals surface area contributed by atoms with Gasteiger partial charge in [0, 0.05) is 36.6 Å². The monoisotopic (exact) mass is 391 g/mol. The first-order chi connectivity index (χ1) is 13.2. The highest BCUT2D eigenvalue weighted by molar-refractivity contribution is 7.99. The summed E-state index contributed by atoms with van der Waals surface area (Å²) in [6, 6.07) is 8.98. The molecule has 1 aromatic rings. The van der Waals surface area contributed by atoms with Crippen molar-refractivity contribution in [1.29, 1.82) is 0 Å². The number of carbonyl (C=O) groups excluding carboxylic acids is 1. The molecular weight excluding hydrogens is 358 g/mol. The van der Waals surface area contributed by atoms with Crippen molar-refractivity contribution in [2.75, 3.05) is 43.1 Å². The molecule has 2 fully saturated rings. The van der Waals surface area contributed by atoms with Crippen LogP contribution in [0.4, 0.5) is 10.5 Å². The van der Waals surface area contributed by atoms with Crippen LogP contribution in [0.3, 0.4) is 0 Å². The third kappa shape index (κ3) is 5.55. The average Bonchev–Trinajstić information content (AvgIpc) is 3.16. The van der Waals surface area contributed by atoms with Gasteiger partial charge in [-0.2, -0.15) is 11.8 Å². The van der Waals surface area contributed by atoms with Gasteiger partial charge in [0.2, 0.25) is 0 Å². The van der Waals surface area contributed by atoms with Crippen LogP contribution < -0.4 is 10.1 Å². The van der Waals surface area contributed by atoms with Gasteiger partial charge in [-0.15, -0.1) is 0 Å². The van der Waals surface area contributed by atoms with E-state index < -0.39 is 0 Å². The molecule has 2 saturated heterocycles. The lowest BCUT2D eigenvalue weighted by molar-refractivity contribution is 0.118. The van der Waals surface area contributed by atoms with Crippen LogP contribution in [0.2, 0.25) is 0 Å². The lowest BCUT2D eigenvalue weighted by Gasteiger charge is -2.39. The zero-order valence-electron chi connectivity index (χ0n) is 16.7. The zero-order chi connectivity index (χ0) is 19.1. The number of rotatable bonds is 7. The van der Waals surface area contributed by atoms with Gasteiger partial charge in [-0.25, -0.2) is 4.79 Å². The smallest absolute Gasteiger partial charge is 0.321 e. The van der Waals surface area contributed by atoms with Crippen molar-refractivity contribution in [2.24, 2.45) is 0 Å². The number of hydrogen-bond donors (Lipinski definition) is 1. The summed E-state index contributed by atoms with van der Waals surface area (Å²) in [4.78, 5) is 17.3. The van der Waals surface area contributed by atoms with Crippen LogP contribution in [-0.4, -0.2) is 65.7 Å². The number of ether oxygens (including phenoxy) is 1. The van der Waals surface area contributed by atoms with Gasteiger partial charge in [0.05, 0.1) is 6.61 Å². The second-order valence-corrected chi connectivity index (χ2v) is 8.62. The Morgan fingerprint density at radius 2 is 1.89 bits per heavy atom. The molecule has 0 radical (unpaired) electrons. The van der Waals surface area contributed by atoms with Gasteiger partial charge < -0.3 is 15.0 Å². The third-order valence-electron chi connectivity index (χ3n) is 5.57. The Hall–Kier alpha value is -1.40. The Morgan fingerprint density at radius 3 is 2.56 bits per heavy atom. The highest BCUT2D eigenvalue weighted by atomic mass is 32.2. The Balaban J connectivity index is 1.46. The number of amides is 2. The molecule has 5 nitrogen and oxygen atoms in total. The van der Waals surface area contributed by atoms with Crippen molar-refractivity contribution in [3.63, 3.8) is 0 Å².